The molecular formula is C64H96N2O12Si2. The molecule has 80 heavy (non-hydrogen) atoms. The van der Waals surface area contributed by atoms with E-state index in [2.05, 4.69) is 93.0 Å². The molecule has 0 aromatic carbocycles. The van der Waals surface area contributed by atoms with Crippen LogP contribution in [0.4, 0.5) is 0 Å². The van der Waals surface area contributed by atoms with Gasteiger partial charge in [0.15, 0.2) is 28.2 Å². The maximum atomic E-state index is 13.5. The average Bonchev–Trinajstić information content (AvgIpc) is 4.06. The number of carbonyl (C=O) groups is 2. The van der Waals surface area contributed by atoms with E-state index < -0.39 is 73.7 Å². The van der Waals surface area contributed by atoms with Gasteiger partial charge in [0.25, 0.3) is 0 Å². The van der Waals surface area contributed by atoms with Crippen LogP contribution in [0.25, 0.3) is 0 Å². The number of hydrogen-bond donors (Lipinski definition) is 2. The Hall–Kier alpha value is -2.39. The standard InChI is InChI=1S/C64H96N2O12Si2/c1-35-61(23-21-55(5,69)33-71-61)75-53-29-45-41-19-17-39-25-47-49(31-57(39,7)43(41)27-51(73-37(3)67)59(45,9)63(35,53)77-79(11,12)13)65-48-26-40-18-20-42-44(58(40,8)32-50(48)66-47)28-52(74-38(4)68)60(10)46(42)30-54-64(60,78-80(14,15)16)36(2)62(76-54)24-22-56(6,70)34-72-62/h29-30,35-36,39-44,51-54,69-70H,17-28,31-34H2,1-16H3/t35-,36-,39+,40+,41-,42-,43+,44+,51-,52-,53+,54+,55+,56+,57+,58+,59-,60-,61-,62-,63-,64-/m1/s1. The van der Waals surface area contributed by atoms with E-state index in [1.165, 1.54) is 11.1 Å². The Morgan fingerprint density at radius 1 is 0.575 bits per heavy atom. The maximum Gasteiger partial charge on any atom is 0.302 e. The van der Waals surface area contributed by atoms with E-state index in [-0.39, 0.29) is 83.7 Å². The van der Waals surface area contributed by atoms with Crippen LogP contribution in [-0.2, 0) is 72.5 Å². The molecule has 0 bridgehead atoms. The summed E-state index contributed by atoms with van der Waals surface area (Å²) in [6.45, 7) is 34.8. The van der Waals surface area contributed by atoms with Crippen LogP contribution in [0.3, 0.4) is 0 Å². The van der Waals surface area contributed by atoms with Gasteiger partial charge in [-0.05, 0) is 190 Å². The summed E-state index contributed by atoms with van der Waals surface area (Å²) in [5.74, 6) is -0.969. The number of fused-ring (bicyclic) bond motifs is 16. The number of carbonyl (C=O) groups excluding carboxylic acids is 2. The molecule has 12 aliphatic rings. The molecule has 4 saturated heterocycles. The maximum absolute atomic E-state index is 13.5. The van der Waals surface area contributed by atoms with Crippen molar-refractivity contribution in [3.63, 3.8) is 0 Å². The van der Waals surface area contributed by atoms with Gasteiger partial charge in [0, 0.05) is 38.5 Å². The van der Waals surface area contributed by atoms with Gasteiger partial charge < -0.3 is 47.5 Å². The molecule has 4 saturated carbocycles. The Morgan fingerprint density at radius 2 is 0.950 bits per heavy atom. The van der Waals surface area contributed by atoms with Crippen LogP contribution in [0.2, 0.25) is 39.3 Å². The third-order valence-electron chi connectivity index (χ3n) is 24.8. The summed E-state index contributed by atoms with van der Waals surface area (Å²) in [6.07, 6.45) is 14.5. The Kier molecular flexibility index (Phi) is 12.5. The highest BCUT2D eigenvalue weighted by atomic mass is 28.4. The van der Waals surface area contributed by atoms with Crippen LogP contribution in [0.15, 0.2) is 23.3 Å². The zero-order chi connectivity index (χ0) is 57.3. The van der Waals surface area contributed by atoms with Crippen molar-refractivity contribution in [2.24, 2.45) is 69.0 Å². The predicted octanol–water partition coefficient (Wildman–Crippen LogP) is 10.3. The van der Waals surface area contributed by atoms with Crippen LogP contribution >= 0.6 is 0 Å². The Balaban J connectivity index is 0.814. The molecule has 2 N–H and O–H groups in total. The normalized spacial score (nSPS) is 51.5. The lowest BCUT2D eigenvalue weighted by Gasteiger charge is -2.63. The van der Waals surface area contributed by atoms with Gasteiger partial charge in [0.1, 0.15) is 35.6 Å². The second-order valence-electron chi connectivity index (χ2n) is 31.8. The van der Waals surface area contributed by atoms with Gasteiger partial charge in [0.05, 0.1) is 58.0 Å². The minimum absolute atomic E-state index is 0.107. The largest absolute Gasteiger partial charge is 0.462 e. The molecular weight excluding hydrogens is 1040 g/mol. The molecule has 8 fully saturated rings. The molecule has 1 aromatic heterocycles. The molecule has 2 spiro atoms. The van der Waals surface area contributed by atoms with Gasteiger partial charge in [-0.2, -0.15) is 0 Å². The van der Waals surface area contributed by atoms with Gasteiger partial charge in [-0.15, -0.1) is 0 Å². The Bertz CT molecular complexity index is 2630. The number of rotatable bonds is 6. The molecule has 16 heteroatoms. The number of ether oxygens (including phenoxy) is 6. The third kappa shape index (κ3) is 7.71. The van der Waals surface area contributed by atoms with Gasteiger partial charge in [-0.25, -0.2) is 0 Å². The van der Waals surface area contributed by atoms with E-state index in [0.29, 0.717) is 37.5 Å². The smallest absolute Gasteiger partial charge is 0.302 e. The summed E-state index contributed by atoms with van der Waals surface area (Å²) in [6, 6.07) is 0. The van der Waals surface area contributed by atoms with Crippen molar-refractivity contribution in [3.05, 3.63) is 46.1 Å². The Labute approximate surface area is 478 Å². The molecule has 442 valence electrons. The summed E-state index contributed by atoms with van der Waals surface area (Å²) in [5.41, 5.74) is 2.25. The van der Waals surface area contributed by atoms with Crippen molar-refractivity contribution in [2.45, 2.75) is 257 Å². The second-order valence-corrected chi connectivity index (χ2v) is 40.7. The van der Waals surface area contributed by atoms with Gasteiger partial charge in [-0.3, -0.25) is 19.6 Å². The monoisotopic (exact) mass is 1140 g/mol. The highest BCUT2D eigenvalue weighted by Crippen LogP contribution is 2.75. The summed E-state index contributed by atoms with van der Waals surface area (Å²) >= 11 is 0. The van der Waals surface area contributed by atoms with Gasteiger partial charge >= 0.3 is 11.9 Å². The second kappa shape index (κ2) is 17.6. The lowest BCUT2D eigenvalue weighted by atomic mass is 9.44. The summed E-state index contributed by atoms with van der Waals surface area (Å²) in [7, 11) is -4.56. The number of esters is 2. The first kappa shape index (κ1) is 56.7. The summed E-state index contributed by atoms with van der Waals surface area (Å²) < 4.78 is 56.5. The SMILES string of the molecule is CC(=O)O[C@@H]1C[C@H]2[C@@H](CC[C@H]3Cc4nc5c(nc4C[C@@]32C)C[C@@H]2CC[C@H]3C4=C[C@@H]6O[C@]7(CC[C@](C)(O)CO7)[C@@H](C)[C@]6(O[Si](C)(C)C)[C@@]4(C)[C@H](OC(C)=O)C[C@@H]3[C@@]2(C)C5)C2=C[C@@H]3O[C@]4(CC[C@](C)(O)CO4)[C@@H](C)[C@]3(O[Si](C)(C)C)[C@]21C. The van der Waals surface area contributed by atoms with E-state index in [1.807, 2.05) is 13.8 Å². The van der Waals surface area contributed by atoms with E-state index in [4.69, 9.17) is 47.2 Å². The molecule has 13 rings (SSSR count). The minimum Gasteiger partial charge on any atom is -0.462 e. The number of aliphatic hydroxyl groups is 2. The molecule has 0 amide bonds. The fraction of sp³-hybridized carbons (Fsp3) is 0.844. The summed E-state index contributed by atoms with van der Waals surface area (Å²) in [5, 5.41) is 22.1. The third-order valence-corrected chi connectivity index (χ3v) is 26.7. The lowest BCUT2D eigenvalue weighted by Crippen LogP contribution is -2.68. The molecule has 1 aromatic rings. The fourth-order valence-corrected chi connectivity index (χ4v) is 24.2. The minimum atomic E-state index is -2.28. The molecule has 4 aliphatic heterocycles. The van der Waals surface area contributed by atoms with E-state index in [1.54, 1.807) is 13.8 Å². The molecule has 5 heterocycles. The van der Waals surface area contributed by atoms with Crippen LogP contribution < -0.4 is 0 Å². The topological polar surface area (TPSA) is 174 Å². The predicted molar refractivity (Wildman–Crippen MR) is 305 cm³/mol. The van der Waals surface area contributed by atoms with E-state index in [9.17, 15) is 19.8 Å². The number of nitrogens with zero attached hydrogens (tertiary/aromatic N) is 2. The molecule has 14 nitrogen and oxygen atoms in total. The van der Waals surface area contributed by atoms with E-state index in [0.717, 1.165) is 87.0 Å². The first-order chi connectivity index (χ1) is 37.1. The van der Waals surface area contributed by atoms with Gasteiger partial charge in [-0.1, -0.05) is 51.0 Å². The zero-order valence-corrected chi connectivity index (χ0v) is 53.3. The van der Waals surface area contributed by atoms with Crippen LogP contribution in [0.5, 0.6) is 0 Å². The zero-order valence-electron chi connectivity index (χ0n) is 51.3. The van der Waals surface area contributed by atoms with Crippen LogP contribution in [-0.4, -0.2) is 120 Å². The molecule has 8 aliphatic carbocycles. The fourth-order valence-electron chi connectivity index (χ4n) is 21.1. The molecule has 22 atom stereocenters. The first-order valence-corrected chi connectivity index (χ1v) is 38.1. The quantitative estimate of drug-likeness (QED) is 0.156. The van der Waals surface area contributed by atoms with Gasteiger partial charge in [0.2, 0.25) is 0 Å². The Morgan fingerprint density at radius 3 is 1.27 bits per heavy atom. The van der Waals surface area contributed by atoms with Crippen molar-refractivity contribution in [1.29, 1.82) is 0 Å². The molecule has 0 unspecified atom stereocenters. The summed E-state index contributed by atoms with van der Waals surface area (Å²) in [4.78, 5) is 38.5. The van der Waals surface area contributed by atoms with Crippen molar-refractivity contribution < 1.29 is 57.1 Å². The van der Waals surface area contributed by atoms with E-state index >= 15 is 0 Å². The molecule has 0 radical (unpaired) electrons. The van der Waals surface area contributed by atoms with Crippen molar-refractivity contribution in [1.82, 2.24) is 9.97 Å². The van der Waals surface area contributed by atoms with Crippen LogP contribution in [0, 0.1) is 69.0 Å². The first-order valence-electron chi connectivity index (χ1n) is 31.2. The van der Waals surface area contributed by atoms with Crippen LogP contribution in [0.1, 0.15) is 156 Å². The number of aromatic nitrogens is 2. The lowest BCUT2D eigenvalue weighted by molar-refractivity contribution is -0.289. The van der Waals surface area contributed by atoms with Crippen molar-refractivity contribution in [2.75, 3.05) is 13.2 Å². The number of hydrogen-bond acceptors (Lipinski definition) is 14. The average molecular weight is 1140 g/mol. The van der Waals surface area contributed by atoms with Crippen molar-refractivity contribution >= 4 is 28.6 Å². The van der Waals surface area contributed by atoms with Crippen molar-refractivity contribution in [3.8, 4) is 0 Å². The highest BCUT2D eigenvalue weighted by molar-refractivity contribution is 6.70. The highest BCUT2D eigenvalue weighted by Gasteiger charge is 2.81.